The molecule has 0 radical (unpaired) electrons. The summed E-state index contributed by atoms with van der Waals surface area (Å²) in [6.45, 7) is 3.60. The molecule has 162 valence electrons. The van der Waals surface area contributed by atoms with Crippen LogP contribution in [0.2, 0.25) is 10.0 Å². The van der Waals surface area contributed by atoms with Gasteiger partial charge in [0.2, 0.25) is 0 Å². The van der Waals surface area contributed by atoms with E-state index in [0.29, 0.717) is 16.0 Å². The molecule has 1 aliphatic carbocycles. The monoisotopic (exact) mass is 453 g/mol. The topological polar surface area (TPSA) is 21.1 Å². The van der Waals surface area contributed by atoms with Crippen molar-refractivity contribution >= 4 is 23.2 Å². The molecule has 1 aromatic heterocycles. The van der Waals surface area contributed by atoms with Gasteiger partial charge in [-0.2, -0.15) is 5.10 Å². The Morgan fingerprint density at radius 1 is 0.935 bits per heavy atom. The molecule has 0 spiro atoms. The van der Waals surface area contributed by atoms with Crippen LogP contribution in [0.3, 0.4) is 0 Å². The van der Waals surface area contributed by atoms with Gasteiger partial charge in [-0.15, -0.1) is 0 Å². The highest BCUT2D eigenvalue weighted by Gasteiger charge is 2.26. The molecule has 3 aromatic rings. The second kappa shape index (κ2) is 9.36. The summed E-state index contributed by atoms with van der Waals surface area (Å²) >= 11 is 12.4. The standard InChI is InChI=1S/C26H29Cl2N3/c27-24-10-9-22(17-25(24)28)31-26-8-4-7-21(23(26)18-29-31)13-16-30-14-11-20(12-15-30)19-5-2-1-3-6-19/h1-3,5-6,9-10,17-18,20-21H,4,7-8,11-16H2. The van der Waals surface area contributed by atoms with Gasteiger partial charge in [-0.25, -0.2) is 4.68 Å². The van der Waals surface area contributed by atoms with E-state index in [1.165, 1.54) is 68.6 Å². The Balaban J connectivity index is 1.22. The van der Waals surface area contributed by atoms with Gasteiger partial charge >= 0.3 is 0 Å². The summed E-state index contributed by atoms with van der Waals surface area (Å²) in [4.78, 5) is 2.66. The van der Waals surface area contributed by atoms with Gasteiger partial charge in [-0.3, -0.25) is 0 Å². The molecule has 1 saturated heterocycles. The first-order valence-electron chi connectivity index (χ1n) is 11.5. The molecule has 2 heterocycles. The smallest absolute Gasteiger partial charge is 0.0664 e. The Labute approximate surface area is 195 Å². The average molecular weight is 454 g/mol. The molecule has 1 unspecified atom stereocenters. The molecule has 0 saturated carbocycles. The van der Waals surface area contributed by atoms with Gasteiger partial charge < -0.3 is 4.90 Å². The number of fused-ring (bicyclic) bond motifs is 1. The summed E-state index contributed by atoms with van der Waals surface area (Å²) in [5.41, 5.74) is 5.28. The number of halogens is 2. The van der Waals surface area contributed by atoms with E-state index in [4.69, 9.17) is 28.3 Å². The minimum absolute atomic E-state index is 0.578. The molecule has 5 rings (SSSR count). The Kier molecular flexibility index (Phi) is 6.36. The molecule has 1 atom stereocenters. The van der Waals surface area contributed by atoms with Crippen molar-refractivity contribution in [3.8, 4) is 5.69 Å². The largest absolute Gasteiger partial charge is 0.303 e. The van der Waals surface area contributed by atoms with Crippen LogP contribution in [0.5, 0.6) is 0 Å². The van der Waals surface area contributed by atoms with E-state index >= 15 is 0 Å². The maximum atomic E-state index is 6.25. The van der Waals surface area contributed by atoms with E-state index in [-0.39, 0.29) is 0 Å². The highest BCUT2D eigenvalue weighted by Crippen LogP contribution is 2.36. The summed E-state index contributed by atoms with van der Waals surface area (Å²) in [6, 6.07) is 16.8. The second-order valence-corrected chi connectivity index (χ2v) is 9.78. The number of nitrogens with zero attached hydrogens (tertiary/aromatic N) is 3. The Morgan fingerprint density at radius 3 is 2.52 bits per heavy atom. The van der Waals surface area contributed by atoms with Gasteiger partial charge in [0.1, 0.15) is 0 Å². The predicted molar refractivity (Wildman–Crippen MR) is 129 cm³/mol. The van der Waals surface area contributed by atoms with Gasteiger partial charge in [-0.1, -0.05) is 53.5 Å². The molecule has 2 aromatic carbocycles. The van der Waals surface area contributed by atoms with Crippen LogP contribution in [0.1, 0.15) is 60.8 Å². The molecule has 0 amide bonds. The number of likely N-dealkylation sites (tertiary alicyclic amines) is 1. The predicted octanol–water partition coefficient (Wildman–Crippen LogP) is 6.87. The van der Waals surface area contributed by atoms with Gasteiger partial charge in [0.05, 0.1) is 21.9 Å². The lowest BCUT2D eigenvalue weighted by atomic mass is 9.84. The summed E-state index contributed by atoms with van der Waals surface area (Å²) in [5, 5.41) is 5.89. The molecular weight excluding hydrogens is 425 g/mol. The van der Waals surface area contributed by atoms with Gasteiger partial charge in [0, 0.05) is 5.69 Å². The fourth-order valence-corrected chi connectivity index (χ4v) is 5.63. The zero-order valence-electron chi connectivity index (χ0n) is 17.8. The molecule has 1 aliphatic heterocycles. The van der Waals surface area contributed by atoms with Gasteiger partial charge in [0.25, 0.3) is 0 Å². The fraction of sp³-hybridized carbons (Fsp3) is 0.423. The average Bonchev–Trinajstić information content (AvgIpc) is 3.25. The van der Waals surface area contributed by atoms with E-state index in [9.17, 15) is 0 Å². The first-order valence-corrected chi connectivity index (χ1v) is 12.2. The van der Waals surface area contributed by atoms with Crippen molar-refractivity contribution in [2.45, 2.75) is 50.4 Å². The summed E-state index contributed by atoms with van der Waals surface area (Å²) in [5.74, 6) is 1.33. The van der Waals surface area contributed by atoms with Crippen molar-refractivity contribution in [3.05, 3.63) is 81.6 Å². The van der Waals surface area contributed by atoms with E-state index in [1.807, 2.05) is 18.2 Å². The van der Waals surface area contributed by atoms with E-state index < -0.39 is 0 Å². The lowest BCUT2D eigenvalue weighted by Crippen LogP contribution is -2.34. The number of piperidine rings is 1. The minimum Gasteiger partial charge on any atom is -0.303 e. The number of benzene rings is 2. The molecular formula is C26H29Cl2N3. The van der Waals surface area contributed by atoms with Crippen LogP contribution in [0, 0.1) is 0 Å². The van der Waals surface area contributed by atoms with E-state index in [2.05, 4.69) is 46.1 Å². The van der Waals surface area contributed by atoms with Crippen LogP contribution in [0.4, 0.5) is 0 Å². The number of rotatable bonds is 5. The third-order valence-corrected chi connectivity index (χ3v) is 7.85. The van der Waals surface area contributed by atoms with Crippen LogP contribution in [0.15, 0.2) is 54.7 Å². The van der Waals surface area contributed by atoms with Crippen LogP contribution >= 0.6 is 23.2 Å². The molecule has 3 nitrogen and oxygen atoms in total. The quantitative estimate of drug-likeness (QED) is 0.420. The van der Waals surface area contributed by atoms with Crippen molar-refractivity contribution in [2.24, 2.45) is 0 Å². The second-order valence-electron chi connectivity index (χ2n) is 8.96. The Morgan fingerprint density at radius 2 is 1.74 bits per heavy atom. The first-order chi connectivity index (χ1) is 15.2. The number of hydrogen-bond donors (Lipinski definition) is 0. The van der Waals surface area contributed by atoms with Crippen LogP contribution in [-0.2, 0) is 6.42 Å². The van der Waals surface area contributed by atoms with Crippen LogP contribution in [0.25, 0.3) is 5.69 Å². The molecule has 0 N–H and O–H groups in total. The highest BCUT2D eigenvalue weighted by atomic mass is 35.5. The summed E-state index contributed by atoms with van der Waals surface area (Å²) in [7, 11) is 0. The maximum Gasteiger partial charge on any atom is 0.0664 e. The van der Waals surface area contributed by atoms with E-state index in [1.54, 1.807) is 0 Å². The number of aromatic nitrogens is 2. The Hall–Kier alpha value is -1.81. The SMILES string of the molecule is Clc1ccc(-n2ncc3c2CCCC3CCN2CCC(c3ccccc3)CC2)cc1Cl. The zero-order valence-corrected chi connectivity index (χ0v) is 19.3. The van der Waals surface area contributed by atoms with Crippen LogP contribution < -0.4 is 0 Å². The number of hydrogen-bond acceptors (Lipinski definition) is 2. The van der Waals surface area contributed by atoms with Crippen molar-refractivity contribution < 1.29 is 0 Å². The van der Waals surface area contributed by atoms with Crippen molar-refractivity contribution in [2.75, 3.05) is 19.6 Å². The maximum absolute atomic E-state index is 6.25. The van der Waals surface area contributed by atoms with Gasteiger partial charge in [0.15, 0.2) is 0 Å². The highest BCUT2D eigenvalue weighted by molar-refractivity contribution is 6.42. The molecule has 31 heavy (non-hydrogen) atoms. The fourth-order valence-electron chi connectivity index (χ4n) is 5.34. The van der Waals surface area contributed by atoms with E-state index in [0.717, 1.165) is 18.0 Å². The summed E-state index contributed by atoms with van der Waals surface area (Å²) < 4.78 is 2.06. The zero-order chi connectivity index (χ0) is 21.2. The third-order valence-electron chi connectivity index (χ3n) is 7.11. The van der Waals surface area contributed by atoms with Gasteiger partial charge in [-0.05, 0) is 99.3 Å². The van der Waals surface area contributed by atoms with Crippen molar-refractivity contribution in [3.63, 3.8) is 0 Å². The molecule has 5 heteroatoms. The van der Waals surface area contributed by atoms with Crippen molar-refractivity contribution in [1.29, 1.82) is 0 Å². The molecule has 1 fully saturated rings. The first kappa shape index (κ1) is 21.1. The molecule has 0 bridgehead atoms. The summed E-state index contributed by atoms with van der Waals surface area (Å²) in [6.07, 6.45) is 9.42. The Bertz CT molecular complexity index is 1020. The van der Waals surface area contributed by atoms with Crippen molar-refractivity contribution in [1.82, 2.24) is 14.7 Å². The third kappa shape index (κ3) is 4.55. The lowest BCUT2D eigenvalue weighted by Gasteiger charge is -2.33. The van der Waals surface area contributed by atoms with Crippen LogP contribution in [-0.4, -0.2) is 34.3 Å². The molecule has 2 aliphatic rings. The minimum atomic E-state index is 0.578. The lowest BCUT2D eigenvalue weighted by molar-refractivity contribution is 0.203. The normalized spacial score (nSPS) is 20.0.